The zero-order valence-corrected chi connectivity index (χ0v) is 10.1. The number of methoxy groups -OCH3 is 1. The molecule has 4 nitrogen and oxygen atoms in total. The maximum Gasteiger partial charge on any atom is 0.309 e. The predicted molar refractivity (Wildman–Crippen MR) is 59.6 cm³/mol. The van der Waals surface area contributed by atoms with Crippen molar-refractivity contribution in [2.45, 2.75) is 13.5 Å². The smallest absolute Gasteiger partial charge is 0.309 e. The van der Waals surface area contributed by atoms with Crippen LogP contribution in [0, 0.1) is 5.92 Å². The molecule has 0 fully saturated rings. The average molecular weight is 228 g/mol. The van der Waals surface area contributed by atoms with Crippen LogP contribution in [-0.4, -0.2) is 36.6 Å². The Morgan fingerprint density at radius 1 is 1.73 bits per heavy atom. The third-order valence-corrected chi connectivity index (χ3v) is 2.84. The number of ether oxygens (including phenoxy) is 1. The highest BCUT2D eigenvalue weighted by Gasteiger charge is 2.15. The summed E-state index contributed by atoms with van der Waals surface area (Å²) in [7, 11) is 3.39. The van der Waals surface area contributed by atoms with Crippen molar-refractivity contribution in [2.75, 3.05) is 20.7 Å². The zero-order chi connectivity index (χ0) is 11.3. The molecule has 0 radical (unpaired) electrons. The van der Waals surface area contributed by atoms with E-state index in [-0.39, 0.29) is 11.9 Å². The maximum absolute atomic E-state index is 11.2. The number of carbonyl (C=O) groups excluding carboxylic acids is 1. The maximum atomic E-state index is 11.2. The van der Waals surface area contributed by atoms with Gasteiger partial charge in [-0.05, 0) is 7.05 Å². The number of hydrogen-bond donors (Lipinski definition) is 0. The molecule has 84 valence electrons. The van der Waals surface area contributed by atoms with E-state index in [4.69, 9.17) is 0 Å². The molecule has 15 heavy (non-hydrogen) atoms. The molecule has 0 aliphatic carbocycles. The van der Waals surface area contributed by atoms with E-state index in [0.717, 1.165) is 11.6 Å². The van der Waals surface area contributed by atoms with Crippen LogP contribution >= 0.6 is 11.3 Å². The van der Waals surface area contributed by atoms with Gasteiger partial charge in [0.25, 0.3) is 0 Å². The van der Waals surface area contributed by atoms with E-state index < -0.39 is 0 Å². The van der Waals surface area contributed by atoms with Crippen molar-refractivity contribution in [3.63, 3.8) is 0 Å². The van der Waals surface area contributed by atoms with Crippen molar-refractivity contribution < 1.29 is 9.53 Å². The summed E-state index contributed by atoms with van der Waals surface area (Å²) < 4.78 is 4.67. The second-order valence-corrected chi connectivity index (χ2v) is 4.53. The molecule has 1 atom stereocenters. The van der Waals surface area contributed by atoms with Crippen LogP contribution in [0.2, 0.25) is 0 Å². The zero-order valence-electron chi connectivity index (χ0n) is 9.27. The molecule has 0 saturated heterocycles. The molecule has 1 heterocycles. The topological polar surface area (TPSA) is 42.4 Å². The fourth-order valence-corrected chi connectivity index (χ4v) is 2.07. The van der Waals surface area contributed by atoms with Crippen molar-refractivity contribution in [1.29, 1.82) is 0 Å². The van der Waals surface area contributed by atoms with E-state index in [2.05, 4.69) is 14.6 Å². The summed E-state index contributed by atoms with van der Waals surface area (Å²) in [6.07, 6.45) is 1.79. The first-order valence-electron chi connectivity index (χ1n) is 4.78. The minimum absolute atomic E-state index is 0.0973. The summed E-state index contributed by atoms with van der Waals surface area (Å²) in [5.41, 5.74) is 0. The summed E-state index contributed by atoms with van der Waals surface area (Å²) >= 11 is 1.62. The third-order valence-electron chi connectivity index (χ3n) is 2.08. The number of esters is 1. The lowest BCUT2D eigenvalue weighted by Crippen LogP contribution is -2.29. The van der Waals surface area contributed by atoms with Gasteiger partial charge in [0, 0.05) is 18.1 Å². The van der Waals surface area contributed by atoms with Gasteiger partial charge in [-0.1, -0.05) is 6.92 Å². The van der Waals surface area contributed by atoms with E-state index in [1.54, 1.807) is 17.5 Å². The molecule has 5 heteroatoms. The van der Waals surface area contributed by atoms with Crippen LogP contribution in [0.1, 0.15) is 11.9 Å². The van der Waals surface area contributed by atoms with Crippen LogP contribution in [0.25, 0.3) is 0 Å². The lowest BCUT2D eigenvalue weighted by molar-refractivity contribution is -0.145. The van der Waals surface area contributed by atoms with Crippen molar-refractivity contribution in [3.8, 4) is 0 Å². The molecule has 1 unspecified atom stereocenters. The second-order valence-electron chi connectivity index (χ2n) is 3.55. The van der Waals surface area contributed by atoms with Gasteiger partial charge in [0.05, 0.1) is 19.6 Å². The van der Waals surface area contributed by atoms with Crippen molar-refractivity contribution in [2.24, 2.45) is 5.92 Å². The quantitative estimate of drug-likeness (QED) is 0.714. The standard InChI is InChI=1S/C10H16N2O2S/c1-8(10(13)14-3)6-12(2)7-9-11-4-5-15-9/h4-5,8H,6-7H2,1-3H3. The molecule has 1 aromatic heterocycles. The van der Waals surface area contributed by atoms with E-state index in [1.165, 1.54) is 7.11 Å². The number of aromatic nitrogens is 1. The molecular formula is C10H16N2O2S. The predicted octanol–water partition coefficient (Wildman–Crippen LogP) is 1.38. The first-order valence-corrected chi connectivity index (χ1v) is 5.66. The molecule has 0 aliphatic heterocycles. The van der Waals surface area contributed by atoms with Gasteiger partial charge in [-0.2, -0.15) is 0 Å². The van der Waals surface area contributed by atoms with E-state index in [9.17, 15) is 4.79 Å². The van der Waals surface area contributed by atoms with Crippen LogP contribution in [0.15, 0.2) is 11.6 Å². The van der Waals surface area contributed by atoms with Gasteiger partial charge in [-0.15, -0.1) is 11.3 Å². The summed E-state index contributed by atoms with van der Waals surface area (Å²) in [5, 5.41) is 3.02. The second kappa shape index (κ2) is 5.82. The number of carbonyl (C=O) groups is 1. The van der Waals surface area contributed by atoms with E-state index in [1.807, 2.05) is 19.4 Å². The van der Waals surface area contributed by atoms with E-state index in [0.29, 0.717) is 6.54 Å². The average Bonchev–Trinajstić information content (AvgIpc) is 2.68. The third kappa shape index (κ3) is 3.97. The number of nitrogens with zero attached hydrogens (tertiary/aromatic N) is 2. The Labute approximate surface area is 93.9 Å². The minimum atomic E-state index is -0.166. The van der Waals surface area contributed by atoms with Crippen LogP contribution in [0.3, 0.4) is 0 Å². The molecule has 0 aromatic carbocycles. The molecule has 1 rings (SSSR count). The first kappa shape index (κ1) is 12.1. The van der Waals surface area contributed by atoms with Gasteiger partial charge in [0.15, 0.2) is 0 Å². The summed E-state index contributed by atoms with van der Waals surface area (Å²) in [6.45, 7) is 3.33. The fourth-order valence-electron chi connectivity index (χ4n) is 1.37. The lowest BCUT2D eigenvalue weighted by atomic mass is 10.2. The van der Waals surface area contributed by atoms with Gasteiger partial charge < -0.3 is 4.74 Å². The number of hydrogen-bond acceptors (Lipinski definition) is 5. The van der Waals surface area contributed by atoms with Crippen LogP contribution in [-0.2, 0) is 16.1 Å². The molecule has 1 aromatic rings. The SMILES string of the molecule is COC(=O)C(C)CN(C)Cc1nccs1. The molecule has 0 bridgehead atoms. The van der Waals surface area contributed by atoms with Crippen molar-refractivity contribution in [1.82, 2.24) is 9.88 Å². The summed E-state index contributed by atoms with van der Waals surface area (Å²) in [5.74, 6) is -0.263. The normalized spacial score (nSPS) is 12.8. The van der Waals surface area contributed by atoms with E-state index >= 15 is 0 Å². The first-order chi connectivity index (χ1) is 7.13. The van der Waals surface area contributed by atoms with Crippen LogP contribution < -0.4 is 0 Å². The Kier molecular flexibility index (Phi) is 4.71. The van der Waals surface area contributed by atoms with Crippen LogP contribution in [0.4, 0.5) is 0 Å². The molecule has 0 spiro atoms. The number of thiazole rings is 1. The van der Waals surface area contributed by atoms with Gasteiger partial charge >= 0.3 is 5.97 Å². The molecule has 0 N–H and O–H groups in total. The van der Waals surface area contributed by atoms with Gasteiger partial charge in [-0.3, -0.25) is 9.69 Å². The Morgan fingerprint density at radius 2 is 2.47 bits per heavy atom. The fraction of sp³-hybridized carbons (Fsp3) is 0.600. The van der Waals surface area contributed by atoms with Crippen molar-refractivity contribution >= 4 is 17.3 Å². The summed E-state index contributed by atoms with van der Waals surface area (Å²) in [6, 6.07) is 0. The molecule has 0 amide bonds. The number of rotatable bonds is 5. The van der Waals surface area contributed by atoms with Gasteiger partial charge in [-0.25, -0.2) is 4.98 Å². The molecular weight excluding hydrogens is 212 g/mol. The lowest BCUT2D eigenvalue weighted by Gasteiger charge is -2.18. The summed E-state index contributed by atoms with van der Waals surface area (Å²) in [4.78, 5) is 17.4. The largest absolute Gasteiger partial charge is 0.469 e. The Hall–Kier alpha value is -0.940. The molecule has 0 saturated carbocycles. The highest BCUT2D eigenvalue weighted by Crippen LogP contribution is 2.08. The monoisotopic (exact) mass is 228 g/mol. The van der Waals surface area contributed by atoms with Gasteiger partial charge in [0.1, 0.15) is 5.01 Å². The van der Waals surface area contributed by atoms with Crippen molar-refractivity contribution in [3.05, 3.63) is 16.6 Å². The highest BCUT2D eigenvalue weighted by molar-refractivity contribution is 7.09. The van der Waals surface area contributed by atoms with Crippen LogP contribution in [0.5, 0.6) is 0 Å². The Bertz CT molecular complexity index is 300. The molecule has 0 aliphatic rings. The minimum Gasteiger partial charge on any atom is -0.469 e. The highest BCUT2D eigenvalue weighted by atomic mass is 32.1. The van der Waals surface area contributed by atoms with Gasteiger partial charge in [0.2, 0.25) is 0 Å². The Morgan fingerprint density at radius 3 is 3.00 bits per heavy atom. The Balaban J connectivity index is 2.35.